The minimum absolute atomic E-state index is 0.519. The maximum absolute atomic E-state index is 6.00. The van der Waals surface area contributed by atoms with Crippen molar-refractivity contribution in [2.75, 3.05) is 23.3 Å². The zero-order valence-corrected chi connectivity index (χ0v) is 12.3. The molecule has 0 spiro atoms. The van der Waals surface area contributed by atoms with Crippen LogP contribution in [0.1, 0.15) is 12.8 Å². The highest BCUT2D eigenvalue weighted by atomic mass is 35.5. The lowest BCUT2D eigenvalue weighted by molar-refractivity contribution is 0.928. The number of aromatic nitrogens is 2. The molecule has 1 saturated heterocycles. The third-order valence-corrected chi connectivity index (χ3v) is 4.01. The van der Waals surface area contributed by atoms with Crippen LogP contribution in [0.4, 0.5) is 17.3 Å². The fourth-order valence-electron chi connectivity index (χ4n) is 2.26. The van der Waals surface area contributed by atoms with Crippen LogP contribution < -0.4 is 10.2 Å². The first-order chi connectivity index (χ1) is 9.72. The topological polar surface area (TPSA) is 41.0 Å². The number of anilines is 3. The highest BCUT2D eigenvalue weighted by Gasteiger charge is 2.14. The fourth-order valence-corrected chi connectivity index (χ4v) is 2.55. The average Bonchev–Trinajstić information content (AvgIpc) is 2.97. The molecule has 104 valence electrons. The summed E-state index contributed by atoms with van der Waals surface area (Å²) in [5.41, 5.74) is 0.852. The van der Waals surface area contributed by atoms with E-state index < -0.39 is 0 Å². The maximum Gasteiger partial charge on any atom is 0.135 e. The van der Waals surface area contributed by atoms with Gasteiger partial charge in [0, 0.05) is 24.8 Å². The Morgan fingerprint density at radius 3 is 2.55 bits per heavy atom. The van der Waals surface area contributed by atoms with Crippen molar-refractivity contribution < 1.29 is 0 Å². The summed E-state index contributed by atoms with van der Waals surface area (Å²) < 4.78 is 0. The molecule has 1 aromatic carbocycles. The van der Waals surface area contributed by atoms with E-state index in [1.165, 1.54) is 12.8 Å². The SMILES string of the molecule is Clc1ccc(Nc2cc(N3CCCC3)ncn2)cc1Cl. The molecule has 1 N–H and O–H groups in total. The lowest BCUT2D eigenvalue weighted by Gasteiger charge is -2.16. The van der Waals surface area contributed by atoms with Gasteiger partial charge in [0.25, 0.3) is 0 Å². The van der Waals surface area contributed by atoms with E-state index in [-0.39, 0.29) is 0 Å². The van der Waals surface area contributed by atoms with Crippen molar-refractivity contribution in [1.29, 1.82) is 0 Å². The van der Waals surface area contributed by atoms with Crippen LogP contribution in [0.2, 0.25) is 10.0 Å². The standard InChI is InChI=1S/C14H14Cl2N4/c15-11-4-3-10(7-12(11)16)19-13-8-14(18-9-17-13)20-5-1-2-6-20/h3-4,7-9H,1-2,5-6H2,(H,17,18,19). The van der Waals surface area contributed by atoms with Gasteiger partial charge in [-0.3, -0.25) is 0 Å². The van der Waals surface area contributed by atoms with Gasteiger partial charge in [0.1, 0.15) is 18.0 Å². The van der Waals surface area contributed by atoms with Crippen LogP contribution in [0.3, 0.4) is 0 Å². The quantitative estimate of drug-likeness (QED) is 0.925. The maximum atomic E-state index is 6.00. The zero-order valence-electron chi connectivity index (χ0n) is 10.8. The summed E-state index contributed by atoms with van der Waals surface area (Å²) in [6, 6.07) is 7.36. The smallest absolute Gasteiger partial charge is 0.135 e. The number of hydrogen-bond acceptors (Lipinski definition) is 4. The van der Waals surface area contributed by atoms with Crippen LogP contribution >= 0.6 is 23.2 Å². The Bertz CT molecular complexity index is 612. The van der Waals surface area contributed by atoms with Crippen molar-refractivity contribution in [3.05, 3.63) is 40.6 Å². The third-order valence-electron chi connectivity index (χ3n) is 3.27. The first kappa shape index (κ1) is 13.5. The number of rotatable bonds is 3. The minimum atomic E-state index is 0.519. The molecule has 0 aliphatic carbocycles. The molecule has 0 radical (unpaired) electrons. The summed E-state index contributed by atoms with van der Waals surface area (Å²) in [4.78, 5) is 10.8. The van der Waals surface area contributed by atoms with E-state index in [0.29, 0.717) is 10.0 Å². The number of nitrogens with one attached hydrogen (secondary N) is 1. The molecule has 2 heterocycles. The lowest BCUT2D eigenvalue weighted by atomic mass is 10.3. The second-order valence-electron chi connectivity index (χ2n) is 4.71. The largest absolute Gasteiger partial charge is 0.356 e. The van der Waals surface area contributed by atoms with Gasteiger partial charge in [-0.1, -0.05) is 23.2 Å². The molecule has 1 fully saturated rings. The van der Waals surface area contributed by atoms with E-state index in [9.17, 15) is 0 Å². The van der Waals surface area contributed by atoms with E-state index in [1.54, 1.807) is 18.5 Å². The van der Waals surface area contributed by atoms with Crippen LogP contribution in [-0.2, 0) is 0 Å². The summed E-state index contributed by atoms with van der Waals surface area (Å²) in [6.45, 7) is 2.12. The van der Waals surface area contributed by atoms with E-state index in [0.717, 1.165) is 30.4 Å². The number of halogens is 2. The highest BCUT2D eigenvalue weighted by Crippen LogP contribution is 2.27. The molecule has 0 amide bonds. The summed E-state index contributed by atoms with van der Waals surface area (Å²) >= 11 is 11.9. The molecule has 0 unspecified atom stereocenters. The van der Waals surface area contributed by atoms with Crippen molar-refractivity contribution >= 4 is 40.5 Å². The van der Waals surface area contributed by atoms with E-state index in [2.05, 4.69) is 20.2 Å². The third kappa shape index (κ3) is 2.97. The van der Waals surface area contributed by atoms with Crippen molar-refractivity contribution in [1.82, 2.24) is 9.97 Å². The Morgan fingerprint density at radius 2 is 1.80 bits per heavy atom. The van der Waals surface area contributed by atoms with E-state index in [4.69, 9.17) is 23.2 Å². The Morgan fingerprint density at radius 1 is 1.00 bits per heavy atom. The first-order valence-corrected chi connectivity index (χ1v) is 7.27. The molecule has 0 bridgehead atoms. The summed E-state index contributed by atoms with van der Waals surface area (Å²) in [5.74, 6) is 1.71. The molecule has 6 heteroatoms. The minimum Gasteiger partial charge on any atom is -0.356 e. The zero-order chi connectivity index (χ0) is 13.9. The van der Waals surface area contributed by atoms with E-state index in [1.807, 2.05) is 12.1 Å². The highest BCUT2D eigenvalue weighted by molar-refractivity contribution is 6.42. The van der Waals surface area contributed by atoms with Crippen LogP contribution in [0.5, 0.6) is 0 Å². The second kappa shape index (κ2) is 5.85. The van der Waals surface area contributed by atoms with Crippen molar-refractivity contribution in [2.45, 2.75) is 12.8 Å². The van der Waals surface area contributed by atoms with Crippen molar-refractivity contribution in [3.63, 3.8) is 0 Å². The Balaban J connectivity index is 1.79. The summed E-state index contributed by atoms with van der Waals surface area (Å²) in [6.07, 6.45) is 4.02. The van der Waals surface area contributed by atoms with Crippen molar-refractivity contribution in [3.8, 4) is 0 Å². The second-order valence-corrected chi connectivity index (χ2v) is 5.52. The fraction of sp³-hybridized carbons (Fsp3) is 0.286. The van der Waals surface area contributed by atoms with Crippen molar-refractivity contribution in [2.24, 2.45) is 0 Å². The molecule has 2 aromatic rings. The summed E-state index contributed by atoms with van der Waals surface area (Å²) in [5, 5.41) is 4.27. The van der Waals surface area contributed by atoms with Crippen LogP contribution in [-0.4, -0.2) is 23.1 Å². The number of hydrogen-bond donors (Lipinski definition) is 1. The van der Waals surface area contributed by atoms with Crippen LogP contribution in [0.15, 0.2) is 30.6 Å². The molecule has 0 atom stereocenters. The molecule has 1 aliphatic rings. The molecule has 1 aliphatic heterocycles. The van der Waals surface area contributed by atoms with Gasteiger partial charge >= 0.3 is 0 Å². The Labute approximate surface area is 127 Å². The van der Waals surface area contributed by atoms with Gasteiger partial charge < -0.3 is 10.2 Å². The van der Waals surface area contributed by atoms with Crippen LogP contribution in [0, 0.1) is 0 Å². The van der Waals surface area contributed by atoms with Gasteiger partial charge in [-0.25, -0.2) is 9.97 Å². The molecular weight excluding hydrogens is 295 g/mol. The van der Waals surface area contributed by atoms with Gasteiger partial charge in [0.05, 0.1) is 10.0 Å². The first-order valence-electron chi connectivity index (χ1n) is 6.51. The van der Waals surface area contributed by atoms with Gasteiger partial charge in [0.15, 0.2) is 0 Å². The average molecular weight is 309 g/mol. The summed E-state index contributed by atoms with van der Waals surface area (Å²) in [7, 11) is 0. The van der Waals surface area contributed by atoms with Gasteiger partial charge in [0.2, 0.25) is 0 Å². The monoisotopic (exact) mass is 308 g/mol. The molecule has 20 heavy (non-hydrogen) atoms. The Kier molecular flexibility index (Phi) is 3.94. The predicted molar refractivity (Wildman–Crippen MR) is 83.2 cm³/mol. The number of nitrogens with zero attached hydrogens (tertiary/aromatic N) is 3. The predicted octanol–water partition coefficient (Wildman–Crippen LogP) is 4.13. The molecular formula is C14H14Cl2N4. The van der Waals surface area contributed by atoms with Crippen LogP contribution in [0.25, 0.3) is 0 Å². The van der Waals surface area contributed by atoms with Gasteiger partial charge in [-0.15, -0.1) is 0 Å². The molecule has 3 rings (SSSR count). The Hall–Kier alpha value is -1.52. The van der Waals surface area contributed by atoms with Gasteiger partial charge in [-0.2, -0.15) is 0 Å². The number of benzene rings is 1. The molecule has 1 aromatic heterocycles. The molecule has 0 saturated carbocycles. The lowest BCUT2D eigenvalue weighted by Crippen LogP contribution is -2.19. The normalized spacial score (nSPS) is 14.6. The molecule has 4 nitrogen and oxygen atoms in total. The van der Waals surface area contributed by atoms with Gasteiger partial charge in [-0.05, 0) is 31.0 Å². The van der Waals surface area contributed by atoms with E-state index >= 15 is 0 Å².